The largest absolute Gasteiger partial charge is 0.0952 e. The molecule has 5 rings (SSSR count). The summed E-state index contributed by atoms with van der Waals surface area (Å²) < 4.78 is 0. The van der Waals surface area contributed by atoms with Crippen molar-refractivity contribution in [3.8, 4) is 0 Å². The Balaban J connectivity index is 1.23. The Kier molecular flexibility index (Phi) is 7.40. The molecule has 1 aromatic rings. The summed E-state index contributed by atoms with van der Waals surface area (Å²) in [5.74, 6) is 5.54. The molecule has 3 fully saturated rings. The quantitative estimate of drug-likeness (QED) is 0.261. The summed E-state index contributed by atoms with van der Waals surface area (Å²) in [6.07, 6.45) is 21.3. The number of allylic oxidation sites excluding steroid dienone is 3. The van der Waals surface area contributed by atoms with Crippen LogP contribution in [0.5, 0.6) is 0 Å². The molecule has 4 aliphatic rings. The van der Waals surface area contributed by atoms with Crippen LogP contribution in [-0.4, -0.2) is 0 Å². The lowest BCUT2D eigenvalue weighted by Gasteiger charge is -2.58. The molecule has 35 heavy (non-hydrogen) atoms. The lowest BCUT2D eigenvalue weighted by atomic mass is 9.46. The van der Waals surface area contributed by atoms with E-state index in [1.54, 1.807) is 0 Å². The van der Waals surface area contributed by atoms with Crippen molar-refractivity contribution in [1.82, 2.24) is 0 Å². The number of hydrogen-bond donors (Lipinski definition) is 0. The monoisotopic (exact) mass is 472 g/mol. The molecule has 0 aromatic heterocycles. The highest BCUT2D eigenvalue weighted by Crippen LogP contribution is 2.67. The molecular weight excluding hydrogens is 420 g/mol. The van der Waals surface area contributed by atoms with Crippen LogP contribution in [0, 0.1) is 46.3 Å². The van der Waals surface area contributed by atoms with Crippen molar-refractivity contribution in [2.45, 2.75) is 111 Å². The lowest BCUT2D eigenvalue weighted by molar-refractivity contribution is -0.0454. The third-order valence-corrected chi connectivity index (χ3v) is 11.7. The molecule has 1 aromatic carbocycles. The standard InChI is InChI=1S/C35H52/c1-25(2)11-9-10-14-29-16-18-32-31-17-15-30-24-27(23-26(3)28-12-7-6-8-13-28)19-21-35(30,5)33(31)20-22-34(29,32)4/h6-8,12-13,15,25,27,29,31-33H,3,9-11,14,16-24H2,1-2,4-5H3/t27?,29?,31?,32?,33?,34-,35+/m1/s1. The van der Waals surface area contributed by atoms with Crippen molar-refractivity contribution < 1.29 is 0 Å². The van der Waals surface area contributed by atoms with Gasteiger partial charge >= 0.3 is 0 Å². The zero-order chi connectivity index (χ0) is 24.6. The topological polar surface area (TPSA) is 0 Å². The molecule has 0 aliphatic heterocycles. The fraction of sp³-hybridized carbons (Fsp3) is 0.714. The predicted molar refractivity (Wildman–Crippen MR) is 152 cm³/mol. The molecule has 0 saturated heterocycles. The third-order valence-electron chi connectivity index (χ3n) is 11.7. The maximum Gasteiger partial charge on any atom is -0.00851 e. The summed E-state index contributed by atoms with van der Waals surface area (Å²) in [4.78, 5) is 0. The molecule has 0 amide bonds. The molecule has 5 unspecified atom stereocenters. The zero-order valence-corrected chi connectivity index (χ0v) is 23.3. The predicted octanol–water partition coefficient (Wildman–Crippen LogP) is 10.5. The van der Waals surface area contributed by atoms with E-state index in [9.17, 15) is 0 Å². The van der Waals surface area contributed by atoms with Gasteiger partial charge in [0.05, 0.1) is 0 Å². The Hall–Kier alpha value is -1.30. The molecular formula is C35H52. The molecule has 0 heteroatoms. The van der Waals surface area contributed by atoms with Gasteiger partial charge < -0.3 is 0 Å². The van der Waals surface area contributed by atoms with E-state index in [0.29, 0.717) is 10.8 Å². The van der Waals surface area contributed by atoms with Crippen LogP contribution < -0.4 is 0 Å². The van der Waals surface area contributed by atoms with Crippen LogP contribution in [0.4, 0.5) is 0 Å². The first-order valence-electron chi connectivity index (χ1n) is 15.2. The lowest BCUT2D eigenvalue weighted by Crippen LogP contribution is -2.50. The Morgan fingerprint density at radius 2 is 1.77 bits per heavy atom. The Labute approximate surface area is 217 Å². The van der Waals surface area contributed by atoms with E-state index < -0.39 is 0 Å². The number of unbranched alkanes of at least 4 members (excludes halogenated alkanes) is 1. The average Bonchev–Trinajstić information content (AvgIpc) is 3.18. The fourth-order valence-electron chi connectivity index (χ4n) is 9.58. The summed E-state index contributed by atoms with van der Waals surface area (Å²) in [6.45, 7) is 14.6. The Morgan fingerprint density at radius 1 is 0.971 bits per heavy atom. The SMILES string of the molecule is C=C(CC1CC[C@@]2(C)C(=CCC3C4CCC(CCCCC(C)C)[C@@]4(C)CCC32)C1)c1ccccc1. The van der Waals surface area contributed by atoms with Gasteiger partial charge in [-0.15, -0.1) is 0 Å². The van der Waals surface area contributed by atoms with Crippen LogP contribution in [0.15, 0.2) is 48.6 Å². The van der Waals surface area contributed by atoms with E-state index in [1.807, 2.05) is 5.57 Å². The Morgan fingerprint density at radius 3 is 2.54 bits per heavy atom. The highest BCUT2D eigenvalue weighted by atomic mass is 14.6. The highest BCUT2D eigenvalue weighted by Gasteiger charge is 2.58. The van der Waals surface area contributed by atoms with Crippen molar-refractivity contribution >= 4 is 5.57 Å². The number of benzene rings is 1. The normalized spacial score (nSPS) is 38.4. The van der Waals surface area contributed by atoms with Crippen molar-refractivity contribution in [3.05, 3.63) is 54.1 Å². The molecule has 4 aliphatic carbocycles. The van der Waals surface area contributed by atoms with Crippen LogP contribution >= 0.6 is 0 Å². The van der Waals surface area contributed by atoms with E-state index in [2.05, 4.69) is 70.7 Å². The first kappa shape index (κ1) is 25.4. The second-order valence-electron chi connectivity index (χ2n) is 14.0. The van der Waals surface area contributed by atoms with Crippen LogP contribution in [0.25, 0.3) is 5.57 Å². The molecule has 0 bridgehead atoms. The molecule has 192 valence electrons. The first-order valence-corrected chi connectivity index (χ1v) is 15.2. The third kappa shape index (κ3) is 4.85. The molecule has 0 nitrogen and oxygen atoms in total. The van der Waals surface area contributed by atoms with Crippen molar-refractivity contribution in [1.29, 1.82) is 0 Å². The van der Waals surface area contributed by atoms with Crippen LogP contribution in [-0.2, 0) is 0 Å². The maximum atomic E-state index is 4.47. The average molecular weight is 473 g/mol. The van der Waals surface area contributed by atoms with Crippen LogP contribution in [0.2, 0.25) is 0 Å². The van der Waals surface area contributed by atoms with Gasteiger partial charge in [0.1, 0.15) is 0 Å². The van der Waals surface area contributed by atoms with Gasteiger partial charge in [-0.1, -0.05) is 95.5 Å². The van der Waals surface area contributed by atoms with Gasteiger partial charge in [0.25, 0.3) is 0 Å². The van der Waals surface area contributed by atoms with Crippen LogP contribution in [0.1, 0.15) is 117 Å². The summed E-state index contributed by atoms with van der Waals surface area (Å²) in [7, 11) is 0. The summed E-state index contributed by atoms with van der Waals surface area (Å²) in [6, 6.07) is 10.9. The van der Waals surface area contributed by atoms with E-state index in [4.69, 9.17) is 0 Å². The molecule has 0 N–H and O–H groups in total. The van der Waals surface area contributed by atoms with Gasteiger partial charge in [-0.05, 0) is 122 Å². The molecule has 7 atom stereocenters. The van der Waals surface area contributed by atoms with E-state index >= 15 is 0 Å². The molecule has 0 heterocycles. The minimum Gasteiger partial charge on any atom is -0.0952 e. The van der Waals surface area contributed by atoms with Crippen molar-refractivity contribution in [2.75, 3.05) is 0 Å². The van der Waals surface area contributed by atoms with E-state index in [1.165, 1.54) is 94.6 Å². The van der Waals surface area contributed by atoms with Gasteiger partial charge in [-0.2, -0.15) is 0 Å². The number of rotatable bonds is 8. The summed E-state index contributed by atoms with van der Waals surface area (Å²) >= 11 is 0. The minimum atomic E-state index is 0.476. The van der Waals surface area contributed by atoms with Crippen molar-refractivity contribution in [3.63, 3.8) is 0 Å². The van der Waals surface area contributed by atoms with E-state index in [-0.39, 0.29) is 0 Å². The number of hydrogen-bond acceptors (Lipinski definition) is 0. The fourth-order valence-corrected chi connectivity index (χ4v) is 9.58. The second kappa shape index (κ2) is 10.2. The Bertz CT molecular complexity index is 905. The van der Waals surface area contributed by atoms with Gasteiger partial charge in [0.15, 0.2) is 0 Å². The van der Waals surface area contributed by atoms with Crippen LogP contribution in [0.3, 0.4) is 0 Å². The van der Waals surface area contributed by atoms with Gasteiger partial charge in [-0.3, -0.25) is 0 Å². The second-order valence-corrected chi connectivity index (χ2v) is 14.0. The van der Waals surface area contributed by atoms with Gasteiger partial charge in [-0.25, -0.2) is 0 Å². The van der Waals surface area contributed by atoms with Crippen molar-refractivity contribution in [2.24, 2.45) is 46.3 Å². The maximum absolute atomic E-state index is 4.47. The van der Waals surface area contributed by atoms with Gasteiger partial charge in [0, 0.05) is 0 Å². The molecule has 0 radical (unpaired) electrons. The zero-order valence-electron chi connectivity index (χ0n) is 23.3. The smallest absolute Gasteiger partial charge is 0.00851 e. The molecule has 3 saturated carbocycles. The summed E-state index contributed by atoms with van der Waals surface area (Å²) in [5, 5.41) is 0. The highest BCUT2D eigenvalue weighted by molar-refractivity contribution is 5.63. The van der Waals surface area contributed by atoms with Gasteiger partial charge in [0.2, 0.25) is 0 Å². The summed E-state index contributed by atoms with van der Waals surface area (Å²) in [5.41, 5.74) is 5.62. The molecule has 0 spiro atoms. The first-order chi connectivity index (χ1) is 16.8. The minimum absolute atomic E-state index is 0.476. The number of fused-ring (bicyclic) bond motifs is 5. The van der Waals surface area contributed by atoms with E-state index in [0.717, 1.165) is 35.5 Å².